The van der Waals surface area contributed by atoms with Crippen molar-refractivity contribution in [3.63, 3.8) is 0 Å². The van der Waals surface area contributed by atoms with Crippen molar-refractivity contribution in [1.82, 2.24) is 14.8 Å². The molecule has 30 heavy (non-hydrogen) atoms. The molecule has 0 saturated carbocycles. The number of carbonyl (C=O) groups is 2. The lowest BCUT2D eigenvalue weighted by atomic mass is 9.72. The Kier molecular flexibility index (Phi) is 5.96. The summed E-state index contributed by atoms with van der Waals surface area (Å²) in [5.41, 5.74) is 2.34. The maximum Gasteiger partial charge on any atom is 0.263 e. The normalized spacial score (nSPS) is 19.9. The molecule has 1 aliphatic carbocycles. The molecule has 0 bridgehead atoms. The molecule has 1 saturated heterocycles. The van der Waals surface area contributed by atoms with Crippen molar-refractivity contribution >= 4 is 23.2 Å². The van der Waals surface area contributed by atoms with Crippen LogP contribution in [0.5, 0.6) is 0 Å². The quantitative estimate of drug-likeness (QED) is 0.722. The minimum absolute atomic E-state index is 0.0199. The van der Waals surface area contributed by atoms with Crippen LogP contribution in [0.15, 0.2) is 30.6 Å². The summed E-state index contributed by atoms with van der Waals surface area (Å²) in [4.78, 5) is 36.0. The van der Waals surface area contributed by atoms with Crippen molar-refractivity contribution < 1.29 is 9.59 Å². The lowest BCUT2D eigenvalue weighted by Crippen LogP contribution is -2.37. The Morgan fingerprint density at radius 2 is 1.70 bits per heavy atom. The molecule has 3 heterocycles. The number of rotatable bonds is 2. The Hall–Kier alpha value is -2.21. The first kappa shape index (κ1) is 21.0. The second-order valence-electron chi connectivity index (χ2n) is 9.54. The van der Waals surface area contributed by atoms with E-state index < -0.39 is 0 Å². The van der Waals surface area contributed by atoms with Gasteiger partial charge in [-0.2, -0.15) is 0 Å². The van der Waals surface area contributed by atoms with Gasteiger partial charge in [0.15, 0.2) is 0 Å². The molecule has 0 N–H and O–H groups in total. The van der Waals surface area contributed by atoms with Crippen LogP contribution in [-0.4, -0.2) is 52.8 Å². The molecule has 160 valence electrons. The predicted molar refractivity (Wildman–Crippen MR) is 120 cm³/mol. The molecule has 6 heteroatoms. The molecule has 0 radical (unpaired) electrons. The third-order valence-corrected chi connectivity index (χ3v) is 7.74. The summed E-state index contributed by atoms with van der Waals surface area (Å²) in [6.07, 6.45) is 7.47. The minimum atomic E-state index is 0.0199. The highest BCUT2D eigenvalue weighted by Crippen LogP contribution is 2.40. The summed E-state index contributed by atoms with van der Waals surface area (Å²) in [5, 5.41) is 0. The fourth-order valence-electron chi connectivity index (χ4n) is 4.52. The fourth-order valence-corrected chi connectivity index (χ4v) is 5.70. The maximum atomic E-state index is 13.2. The number of pyridine rings is 1. The molecule has 2 aromatic rings. The number of thiophene rings is 1. The molecule has 2 amide bonds. The van der Waals surface area contributed by atoms with Gasteiger partial charge < -0.3 is 9.80 Å². The predicted octanol–water partition coefficient (Wildman–Crippen LogP) is 4.28. The van der Waals surface area contributed by atoms with Crippen LogP contribution < -0.4 is 0 Å². The van der Waals surface area contributed by atoms with Gasteiger partial charge in [-0.05, 0) is 60.8 Å². The van der Waals surface area contributed by atoms with Crippen molar-refractivity contribution in [3.05, 3.63) is 51.5 Å². The van der Waals surface area contributed by atoms with E-state index in [1.165, 1.54) is 16.9 Å². The van der Waals surface area contributed by atoms with Gasteiger partial charge in [-0.1, -0.05) is 20.8 Å². The van der Waals surface area contributed by atoms with Crippen molar-refractivity contribution in [1.29, 1.82) is 0 Å². The summed E-state index contributed by atoms with van der Waals surface area (Å²) in [6, 6.07) is 5.64. The molecule has 0 spiro atoms. The van der Waals surface area contributed by atoms with E-state index in [-0.39, 0.29) is 11.8 Å². The number of nitrogens with zero attached hydrogens (tertiary/aromatic N) is 3. The highest BCUT2D eigenvalue weighted by Gasteiger charge is 2.31. The molecule has 1 fully saturated rings. The molecular formula is C24H31N3O2S. The van der Waals surface area contributed by atoms with Crippen LogP contribution in [-0.2, 0) is 12.8 Å². The summed E-state index contributed by atoms with van der Waals surface area (Å²) in [5.74, 6) is 0.819. The van der Waals surface area contributed by atoms with Crippen LogP contribution >= 0.6 is 11.3 Å². The monoisotopic (exact) mass is 425 g/mol. The highest BCUT2D eigenvalue weighted by atomic mass is 32.1. The molecule has 5 nitrogen and oxygen atoms in total. The third kappa shape index (κ3) is 4.43. The van der Waals surface area contributed by atoms with Crippen molar-refractivity contribution in [2.45, 2.75) is 46.5 Å². The fraction of sp³-hybridized carbons (Fsp3) is 0.542. The summed E-state index contributed by atoms with van der Waals surface area (Å²) < 4.78 is 0. The Morgan fingerprint density at radius 3 is 2.37 bits per heavy atom. The van der Waals surface area contributed by atoms with Gasteiger partial charge in [0.1, 0.15) is 0 Å². The number of amides is 2. The molecule has 1 aliphatic heterocycles. The Labute approximate surface area is 183 Å². The van der Waals surface area contributed by atoms with E-state index in [9.17, 15) is 9.59 Å². The van der Waals surface area contributed by atoms with E-state index in [0.717, 1.165) is 24.1 Å². The van der Waals surface area contributed by atoms with E-state index in [4.69, 9.17) is 0 Å². The van der Waals surface area contributed by atoms with Crippen LogP contribution in [0.2, 0.25) is 0 Å². The first-order valence-electron chi connectivity index (χ1n) is 10.9. The maximum absolute atomic E-state index is 13.2. The molecule has 1 unspecified atom stereocenters. The Balaban J connectivity index is 1.41. The van der Waals surface area contributed by atoms with Gasteiger partial charge >= 0.3 is 0 Å². The Bertz CT molecular complexity index is 916. The average molecular weight is 426 g/mol. The van der Waals surface area contributed by atoms with Gasteiger partial charge in [0.2, 0.25) is 0 Å². The van der Waals surface area contributed by atoms with E-state index >= 15 is 0 Å². The first-order chi connectivity index (χ1) is 14.3. The lowest BCUT2D eigenvalue weighted by Gasteiger charge is -2.33. The van der Waals surface area contributed by atoms with E-state index in [2.05, 4.69) is 31.8 Å². The van der Waals surface area contributed by atoms with Gasteiger partial charge in [0, 0.05) is 49.0 Å². The van der Waals surface area contributed by atoms with Gasteiger partial charge in [-0.25, -0.2) is 0 Å². The zero-order chi connectivity index (χ0) is 21.3. The van der Waals surface area contributed by atoms with Gasteiger partial charge in [-0.15, -0.1) is 11.3 Å². The van der Waals surface area contributed by atoms with E-state index in [0.29, 0.717) is 43.1 Å². The van der Waals surface area contributed by atoms with Crippen LogP contribution in [0.3, 0.4) is 0 Å². The van der Waals surface area contributed by atoms with Gasteiger partial charge in [0.25, 0.3) is 11.8 Å². The number of aromatic nitrogens is 1. The number of carbonyl (C=O) groups excluding carboxylic acids is 2. The van der Waals surface area contributed by atoms with Crippen molar-refractivity contribution in [3.8, 4) is 0 Å². The minimum Gasteiger partial charge on any atom is -0.337 e. The second kappa shape index (κ2) is 8.50. The van der Waals surface area contributed by atoms with Crippen LogP contribution in [0.4, 0.5) is 0 Å². The van der Waals surface area contributed by atoms with Crippen LogP contribution in [0.25, 0.3) is 0 Å². The van der Waals surface area contributed by atoms with Crippen LogP contribution in [0.1, 0.15) is 64.1 Å². The number of hydrogen-bond acceptors (Lipinski definition) is 4. The zero-order valence-electron chi connectivity index (χ0n) is 18.2. The number of hydrogen-bond donors (Lipinski definition) is 0. The lowest BCUT2D eigenvalue weighted by molar-refractivity contribution is 0.0721. The van der Waals surface area contributed by atoms with E-state index in [1.807, 2.05) is 9.80 Å². The van der Waals surface area contributed by atoms with Gasteiger partial charge in [0.05, 0.1) is 4.88 Å². The molecule has 4 rings (SSSR count). The van der Waals surface area contributed by atoms with Crippen LogP contribution in [0, 0.1) is 11.3 Å². The topological polar surface area (TPSA) is 53.5 Å². The second-order valence-corrected chi connectivity index (χ2v) is 10.7. The Morgan fingerprint density at radius 1 is 1.03 bits per heavy atom. The average Bonchev–Trinajstić information content (AvgIpc) is 3.01. The van der Waals surface area contributed by atoms with E-state index in [1.54, 1.807) is 35.9 Å². The summed E-state index contributed by atoms with van der Waals surface area (Å²) >= 11 is 1.68. The van der Waals surface area contributed by atoms with Gasteiger partial charge in [-0.3, -0.25) is 14.6 Å². The molecular weight excluding hydrogens is 394 g/mol. The molecule has 0 aromatic carbocycles. The third-order valence-electron chi connectivity index (χ3n) is 6.52. The summed E-state index contributed by atoms with van der Waals surface area (Å²) in [7, 11) is 0. The number of aryl methyl sites for hydroxylation is 1. The van der Waals surface area contributed by atoms with Crippen molar-refractivity contribution in [2.75, 3.05) is 26.2 Å². The molecule has 2 aliphatic rings. The zero-order valence-corrected chi connectivity index (χ0v) is 19.0. The standard InChI is InChI=1S/C24H31N3O2S/c1-24(2,3)19-5-6-20-18(15-19)16-21(30-20)23(29)27-12-4-11-26(13-14-27)22(28)17-7-9-25-10-8-17/h7-10,16,19H,4-6,11-15H2,1-3H3. The smallest absolute Gasteiger partial charge is 0.263 e. The largest absolute Gasteiger partial charge is 0.337 e. The molecule has 1 atom stereocenters. The van der Waals surface area contributed by atoms with Crippen molar-refractivity contribution in [2.24, 2.45) is 11.3 Å². The molecule has 2 aromatic heterocycles. The summed E-state index contributed by atoms with van der Waals surface area (Å²) in [6.45, 7) is 9.49. The number of fused-ring (bicyclic) bond motifs is 1. The highest BCUT2D eigenvalue weighted by molar-refractivity contribution is 7.14. The first-order valence-corrected chi connectivity index (χ1v) is 11.7. The SMILES string of the molecule is CC(C)(C)C1CCc2sc(C(=O)N3CCCN(C(=O)c4ccncc4)CC3)cc2C1.